The molecule has 36 heavy (non-hydrogen) atoms. The summed E-state index contributed by atoms with van der Waals surface area (Å²) in [5.74, 6) is -4.15. The van der Waals surface area contributed by atoms with Gasteiger partial charge in [-0.15, -0.1) is 0 Å². The molecule has 0 aliphatic rings. The average Bonchev–Trinajstić information content (AvgIpc) is 3.16. The molecule has 14 heteroatoms. The Bertz CT molecular complexity index is 1660. The molecular formula is C22H17ClF3N7O2S. The highest BCUT2D eigenvalue weighted by atomic mass is 35.5. The normalized spacial score (nSPS) is 11.5. The standard InChI is InChI=1S/C22H17ClF3N7O2S/c1-31-8-12-5-19(14(23)6-18(12)30-31)28-20-29-21(34)33(10-13(27)2-3-36)22(35)32(20)9-11-4-16(25)17(26)7-15(11)24/h2-8,27,36H,9-10H2,1H3,(H,28,29,34)/b3-2-,27-13?. The lowest BCUT2D eigenvalue weighted by atomic mass is 10.2. The van der Waals surface area contributed by atoms with Crippen LogP contribution in [0.2, 0.25) is 5.02 Å². The Hall–Kier alpha value is -3.84. The highest BCUT2D eigenvalue weighted by molar-refractivity contribution is 7.83. The van der Waals surface area contributed by atoms with Gasteiger partial charge >= 0.3 is 11.4 Å². The summed E-state index contributed by atoms with van der Waals surface area (Å²) in [6.07, 6.45) is 2.97. The topological polar surface area (TPSA) is 111 Å². The highest BCUT2D eigenvalue weighted by Gasteiger charge is 2.19. The SMILES string of the molecule is Cn1cc2cc(Nc3nc(=O)n(CC(=N)/C=C\S)c(=O)n3Cc3cc(F)c(F)cc3F)c(Cl)cc2n1. The lowest BCUT2D eigenvalue weighted by Crippen LogP contribution is -2.44. The molecule has 0 aliphatic heterocycles. The fraction of sp³-hybridized carbons (Fsp3) is 0.136. The quantitative estimate of drug-likeness (QED) is 0.190. The van der Waals surface area contributed by atoms with Gasteiger partial charge in [-0.2, -0.15) is 22.7 Å². The number of anilines is 2. The first-order valence-electron chi connectivity index (χ1n) is 10.2. The molecule has 0 unspecified atom stereocenters. The van der Waals surface area contributed by atoms with E-state index >= 15 is 0 Å². The molecule has 9 nitrogen and oxygen atoms in total. The van der Waals surface area contributed by atoms with Crippen molar-refractivity contribution in [2.75, 3.05) is 5.32 Å². The van der Waals surface area contributed by atoms with Crippen molar-refractivity contribution in [1.29, 1.82) is 5.41 Å². The Morgan fingerprint density at radius 3 is 2.58 bits per heavy atom. The van der Waals surface area contributed by atoms with Crippen molar-refractivity contribution in [3.05, 3.63) is 91.0 Å². The molecule has 2 heterocycles. The molecule has 0 aliphatic carbocycles. The maximum atomic E-state index is 14.4. The Labute approximate surface area is 211 Å². The zero-order chi connectivity index (χ0) is 26.1. The molecule has 0 fully saturated rings. The molecule has 4 aromatic rings. The number of thiol groups is 1. The molecule has 0 atom stereocenters. The number of halogens is 4. The number of nitrogens with zero attached hydrogens (tertiary/aromatic N) is 5. The third-order valence-electron chi connectivity index (χ3n) is 5.13. The van der Waals surface area contributed by atoms with E-state index in [-0.39, 0.29) is 27.9 Å². The van der Waals surface area contributed by atoms with Crippen LogP contribution < -0.4 is 16.7 Å². The van der Waals surface area contributed by atoms with Crippen LogP contribution in [0.15, 0.2) is 51.5 Å². The van der Waals surface area contributed by atoms with Gasteiger partial charge in [0.1, 0.15) is 5.82 Å². The predicted octanol–water partition coefficient (Wildman–Crippen LogP) is 3.62. The van der Waals surface area contributed by atoms with Gasteiger partial charge < -0.3 is 10.7 Å². The summed E-state index contributed by atoms with van der Waals surface area (Å²) in [5.41, 5.74) is -1.63. The summed E-state index contributed by atoms with van der Waals surface area (Å²) in [5, 5.41) is 17.0. The summed E-state index contributed by atoms with van der Waals surface area (Å²) >= 11 is 10.2. The lowest BCUT2D eigenvalue weighted by molar-refractivity contribution is 0.486. The van der Waals surface area contributed by atoms with Crippen LogP contribution >= 0.6 is 24.2 Å². The molecule has 0 saturated carbocycles. The van der Waals surface area contributed by atoms with Crippen LogP contribution in [0.3, 0.4) is 0 Å². The molecule has 2 aromatic heterocycles. The van der Waals surface area contributed by atoms with E-state index in [1.807, 2.05) is 0 Å². The van der Waals surface area contributed by atoms with E-state index in [4.69, 9.17) is 17.0 Å². The number of aryl methyl sites for hydroxylation is 1. The minimum atomic E-state index is -1.39. The fourth-order valence-corrected chi connectivity index (χ4v) is 3.84. The van der Waals surface area contributed by atoms with Crippen molar-refractivity contribution in [3.8, 4) is 0 Å². The van der Waals surface area contributed by atoms with Crippen molar-refractivity contribution in [3.63, 3.8) is 0 Å². The Morgan fingerprint density at radius 2 is 1.86 bits per heavy atom. The second-order valence-electron chi connectivity index (χ2n) is 7.69. The molecule has 0 radical (unpaired) electrons. The van der Waals surface area contributed by atoms with Gasteiger partial charge in [0.2, 0.25) is 5.95 Å². The summed E-state index contributed by atoms with van der Waals surface area (Å²) < 4.78 is 44.8. The first-order chi connectivity index (χ1) is 17.1. The van der Waals surface area contributed by atoms with Crippen molar-refractivity contribution >= 4 is 52.5 Å². The van der Waals surface area contributed by atoms with E-state index in [1.165, 1.54) is 11.5 Å². The maximum absolute atomic E-state index is 14.4. The first kappa shape index (κ1) is 25.3. The second kappa shape index (κ2) is 10.0. The number of allylic oxidation sites excluding steroid dienone is 1. The van der Waals surface area contributed by atoms with Crippen LogP contribution in [0.5, 0.6) is 0 Å². The summed E-state index contributed by atoms with van der Waals surface area (Å²) in [6, 6.07) is 4.13. The minimum absolute atomic E-state index is 0.137. The van der Waals surface area contributed by atoms with Gasteiger partial charge in [0.15, 0.2) is 11.6 Å². The Morgan fingerprint density at radius 1 is 1.14 bits per heavy atom. The van der Waals surface area contributed by atoms with Crippen molar-refractivity contribution in [2.45, 2.75) is 13.1 Å². The van der Waals surface area contributed by atoms with Gasteiger partial charge in [-0.1, -0.05) is 11.6 Å². The van der Waals surface area contributed by atoms with E-state index in [9.17, 15) is 22.8 Å². The molecule has 0 saturated heterocycles. The van der Waals surface area contributed by atoms with E-state index in [1.54, 1.807) is 30.1 Å². The monoisotopic (exact) mass is 535 g/mol. The van der Waals surface area contributed by atoms with Crippen LogP contribution in [0.1, 0.15) is 5.56 Å². The molecule has 0 amide bonds. The van der Waals surface area contributed by atoms with Gasteiger partial charge in [0, 0.05) is 30.3 Å². The van der Waals surface area contributed by atoms with Crippen LogP contribution in [0.25, 0.3) is 10.9 Å². The zero-order valence-corrected chi connectivity index (χ0v) is 20.1. The molecule has 186 valence electrons. The average molecular weight is 536 g/mol. The molecule has 0 bridgehead atoms. The number of benzene rings is 2. The van der Waals surface area contributed by atoms with Gasteiger partial charge in [0.05, 0.1) is 35.0 Å². The number of hydrogen-bond donors (Lipinski definition) is 3. The molecule has 4 rings (SSSR count). The molecule has 2 aromatic carbocycles. The second-order valence-corrected chi connectivity index (χ2v) is 8.40. The number of hydrogen-bond acceptors (Lipinski definition) is 7. The highest BCUT2D eigenvalue weighted by Crippen LogP contribution is 2.29. The maximum Gasteiger partial charge on any atom is 0.355 e. The number of aromatic nitrogens is 5. The molecular weight excluding hydrogens is 519 g/mol. The summed E-state index contributed by atoms with van der Waals surface area (Å²) in [7, 11) is 1.72. The van der Waals surface area contributed by atoms with Crippen molar-refractivity contribution in [1.82, 2.24) is 23.9 Å². The van der Waals surface area contributed by atoms with Gasteiger partial charge in [-0.05, 0) is 29.7 Å². The van der Waals surface area contributed by atoms with Gasteiger partial charge in [0.25, 0.3) is 0 Å². The van der Waals surface area contributed by atoms with E-state index in [2.05, 4.69) is 28.0 Å². The third-order valence-corrected chi connectivity index (χ3v) is 5.59. The number of fused-ring (bicyclic) bond motifs is 1. The Balaban J connectivity index is 1.87. The lowest BCUT2D eigenvalue weighted by Gasteiger charge is -2.16. The van der Waals surface area contributed by atoms with Crippen LogP contribution in [-0.2, 0) is 20.1 Å². The smallest absolute Gasteiger partial charge is 0.324 e. The number of rotatable bonds is 7. The van der Waals surface area contributed by atoms with E-state index < -0.39 is 41.9 Å². The molecule has 2 N–H and O–H groups in total. The van der Waals surface area contributed by atoms with Crippen molar-refractivity contribution < 1.29 is 13.2 Å². The first-order valence-corrected chi connectivity index (χ1v) is 11.1. The molecule has 0 spiro atoms. The van der Waals surface area contributed by atoms with Crippen molar-refractivity contribution in [2.24, 2.45) is 7.05 Å². The number of nitrogens with one attached hydrogen (secondary N) is 2. The predicted molar refractivity (Wildman–Crippen MR) is 133 cm³/mol. The van der Waals surface area contributed by atoms with E-state index in [0.717, 1.165) is 4.57 Å². The van der Waals surface area contributed by atoms with Crippen LogP contribution in [0.4, 0.5) is 24.8 Å². The largest absolute Gasteiger partial charge is 0.355 e. The summed E-state index contributed by atoms with van der Waals surface area (Å²) in [6.45, 7) is -1.06. The van der Waals surface area contributed by atoms with Crippen LogP contribution in [0, 0.1) is 22.9 Å². The summed E-state index contributed by atoms with van der Waals surface area (Å²) in [4.78, 5) is 29.9. The zero-order valence-electron chi connectivity index (χ0n) is 18.5. The van der Waals surface area contributed by atoms with Gasteiger partial charge in [-0.25, -0.2) is 27.3 Å². The minimum Gasteiger partial charge on any atom is -0.324 e. The fourth-order valence-electron chi connectivity index (χ4n) is 3.46. The Kier molecular flexibility index (Phi) is 7.04. The van der Waals surface area contributed by atoms with E-state index in [0.29, 0.717) is 27.6 Å². The van der Waals surface area contributed by atoms with Gasteiger partial charge in [-0.3, -0.25) is 9.25 Å². The third kappa shape index (κ3) is 5.06. The van der Waals surface area contributed by atoms with Crippen LogP contribution in [-0.4, -0.2) is 29.6 Å².